The highest BCUT2D eigenvalue weighted by Crippen LogP contribution is 2.27. The molecule has 5 nitrogen and oxygen atoms in total. The highest BCUT2D eigenvalue weighted by molar-refractivity contribution is 6.30. The largest absolute Gasteiger partial charge is 0.493 e. The van der Waals surface area contributed by atoms with Gasteiger partial charge < -0.3 is 9.47 Å². The van der Waals surface area contributed by atoms with Gasteiger partial charge in [-0.3, -0.25) is 4.79 Å². The Morgan fingerprint density at radius 2 is 1.96 bits per heavy atom. The Balaban J connectivity index is 1.98. The second kappa shape index (κ2) is 9.69. The summed E-state index contributed by atoms with van der Waals surface area (Å²) in [6.07, 6.45) is 3.61. The fourth-order valence-electron chi connectivity index (χ4n) is 2.04. The molecular weight excluding hydrogens is 340 g/mol. The molecule has 2 rings (SSSR count). The van der Waals surface area contributed by atoms with E-state index in [1.165, 1.54) is 0 Å². The number of amides is 1. The molecular formula is C19H21ClN2O3. The van der Waals surface area contributed by atoms with Crippen LogP contribution in [0.2, 0.25) is 5.02 Å². The predicted molar refractivity (Wildman–Crippen MR) is 99.9 cm³/mol. The Morgan fingerprint density at radius 1 is 1.20 bits per heavy atom. The maximum Gasteiger partial charge on any atom is 0.271 e. The van der Waals surface area contributed by atoms with Crippen molar-refractivity contribution in [2.75, 3.05) is 13.7 Å². The molecule has 0 unspecified atom stereocenters. The fourth-order valence-corrected chi connectivity index (χ4v) is 2.17. The molecule has 25 heavy (non-hydrogen) atoms. The molecule has 0 bridgehead atoms. The van der Waals surface area contributed by atoms with Gasteiger partial charge in [0.05, 0.1) is 19.9 Å². The van der Waals surface area contributed by atoms with Crippen molar-refractivity contribution in [1.29, 1.82) is 0 Å². The number of ether oxygens (including phenoxy) is 2. The average Bonchev–Trinajstić information content (AvgIpc) is 2.63. The normalized spacial score (nSPS) is 10.7. The molecule has 0 heterocycles. The second-order valence-corrected chi connectivity index (χ2v) is 5.75. The molecule has 6 heteroatoms. The van der Waals surface area contributed by atoms with E-state index in [9.17, 15) is 4.79 Å². The zero-order chi connectivity index (χ0) is 18.1. The maximum absolute atomic E-state index is 12.0. The lowest BCUT2D eigenvalue weighted by Crippen LogP contribution is -2.17. The first-order valence-electron chi connectivity index (χ1n) is 8.04. The molecule has 1 amide bonds. The number of unbranched alkanes of at least 4 members (excludes halogenated alkanes) is 1. The Kier molecular flexibility index (Phi) is 7.29. The van der Waals surface area contributed by atoms with Crippen LogP contribution in [0.3, 0.4) is 0 Å². The van der Waals surface area contributed by atoms with Crippen LogP contribution < -0.4 is 14.9 Å². The van der Waals surface area contributed by atoms with Crippen LogP contribution in [-0.4, -0.2) is 25.8 Å². The molecule has 0 aliphatic rings. The lowest BCUT2D eigenvalue weighted by atomic mass is 10.2. The number of rotatable bonds is 8. The number of hydrogen-bond acceptors (Lipinski definition) is 4. The van der Waals surface area contributed by atoms with Crippen molar-refractivity contribution in [3.8, 4) is 11.5 Å². The number of carbonyl (C=O) groups excluding carboxylic acids is 1. The molecule has 0 saturated heterocycles. The Morgan fingerprint density at radius 3 is 2.64 bits per heavy atom. The molecule has 0 fully saturated rings. The van der Waals surface area contributed by atoms with E-state index in [4.69, 9.17) is 21.1 Å². The maximum atomic E-state index is 12.0. The number of benzene rings is 2. The third kappa shape index (κ3) is 5.80. The fraction of sp³-hybridized carbons (Fsp3) is 0.263. The second-order valence-electron chi connectivity index (χ2n) is 5.32. The van der Waals surface area contributed by atoms with Gasteiger partial charge in [0, 0.05) is 10.6 Å². The highest BCUT2D eigenvalue weighted by atomic mass is 35.5. The first kappa shape index (κ1) is 18.8. The molecule has 0 aromatic heterocycles. The molecule has 1 N–H and O–H groups in total. The summed E-state index contributed by atoms with van der Waals surface area (Å²) in [7, 11) is 1.59. The van der Waals surface area contributed by atoms with E-state index >= 15 is 0 Å². The lowest BCUT2D eigenvalue weighted by molar-refractivity contribution is 0.0955. The molecule has 2 aromatic carbocycles. The van der Waals surface area contributed by atoms with Crippen molar-refractivity contribution >= 4 is 23.7 Å². The number of hydrazone groups is 1. The lowest BCUT2D eigenvalue weighted by Gasteiger charge is -2.10. The monoisotopic (exact) mass is 360 g/mol. The van der Waals surface area contributed by atoms with Gasteiger partial charge in [-0.1, -0.05) is 24.9 Å². The van der Waals surface area contributed by atoms with Crippen LogP contribution >= 0.6 is 11.6 Å². The Labute approximate surface area is 152 Å². The van der Waals surface area contributed by atoms with E-state index in [1.54, 1.807) is 43.7 Å². The molecule has 0 aliphatic heterocycles. The zero-order valence-electron chi connectivity index (χ0n) is 14.3. The number of nitrogens with zero attached hydrogens (tertiary/aromatic N) is 1. The number of nitrogens with one attached hydrogen (secondary N) is 1. The quantitative estimate of drug-likeness (QED) is 0.434. The molecule has 2 aromatic rings. The van der Waals surface area contributed by atoms with Gasteiger partial charge >= 0.3 is 0 Å². The van der Waals surface area contributed by atoms with Crippen LogP contribution in [0, 0.1) is 0 Å². The summed E-state index contributed by atoms with van der Waals surface area (Å²) in [5, 5.41) is 4.54. The van der Waals surface area contributed by atoms with Crippen LogP contribution in [-0.2, 0) is 0 Å². The molecule has 0 radical (unpaired) electrons. The van der Waals surface area contributed by atoms with Crippen LogP contribution in [0.25, 0.3) is 0 Å². The van der Waals surface area contributed by atoms with E-state index in [0.717, 1.165) is 18.4 Å². The first-order chi connectivity index (χ1) is 12.1. The topological polar surface area (TPSA) is 59.9 Å². The SMILES string of the molecule is CCCCOc1ccc(C=NNC(=O)c2ccc(Cl)cc2)cc1OC. The summed E-state index contributed by atoms with van der Waals surface area (Å²) < 4.78 is 11.0. The van der Waals surface area contributed by atoms with Gasteiger partial charge in [0.1, 0.15) is 0 Å². The van der Waals surface area contributed by atoms with Gasteiger partial charge in [-0.05, 0) is 54.4 Å². The first-order valence-corrected chi connectivity index (χ1v) is 8.41. The van der Waals surface area contributed by atoms with Crippen LogP contribution in [0.4, 0.5) is 0 Å². The van der Waals surface area contributed by atoms with Gasteiger partial charge in [-0.25, -0.2) is 5.43 Å². The Hall–Kier alpha value is -2.53. The van der Waals surface area contributed by atoms with Crippen LogP contribution in [0.1, 0.15) is 35.7 Å². The van der Waals surface area contributed by atoms with Gasteiger partial charge in [0.15, 0.2) is 11.5 Å². The molecule has 132 valence electrons. The number of hydrogen-bond donors (Lipinski definition) is 1. The van der Waals surface area contributed by atoms with Crippen molar-refractivity contribution in [1.82, 2.24) is 5.43 Å². The summed E-state index contributed by atoms with van der Waals surface area (Å²) >= 11 is 5.80. The van der Waals surface area contributed by atoms with E-state index < -0.39 is 0 Å². The van der Waals surface area contributed by atoms with E-state index in [1.807, 2.05) is 12.1 Å². The van der Waals surface area contributed by atoms with Crippen molar-refractivity contribution < 1.29 is 14.3 Å². The predicted octanol–water partition coefficient (Wildman–Crippen LogP) is 4.29. The van der Waals surface area contributed by atoms with Gasteiger partial charge in [0.25, 0.3) is 5.91 Å². The van der Waals surface area contributed by atoms with Crippen molar-refractivity contribution in [2.45, 2.75) is 19.8 Å². The molecule has 0 saturated carbocycles. The minimum Gasteiger partial charge on any atom is -0.493 e. The van der Waals surface area contributed by atoms with Crippen molar-refractivity contribution in [2.24, 2.45) is 5.10 Å². The minimum absolute atomic E-state index is 0.306. The Bertz CT molecular complexity index is 730. The van der Waals surface area contributed by atoms with E-state index in [2.05, 4.69) is 17.5 Å². The zero-order valence-corrected chi connectivity index (χ0v) is 15.0. The van der Waals surface area contributed by atoms with Crippen molar-refractivity contribution in [3.63, 3.8) is 0 Å². The number of halogens is 1. The summed E-state index contributed by atoms with van der Waals surface area (Å²) in [4.78, 5) is 12.0. The molecule has 0 spiro atoms. The van der Waals surface area contributed by atoms with Gasteiger partial charge in [0.2, 0.25) is 0 Å². The minimum atomic E-state index is -0.306. The van der Waals surface area contributed by atoms with Gasteiger partial charge in [-0.2, -0.15) is 5.10 Å². The average molecular weight is 361 g/mol. The smallest absolute Gasteiger partial charge is 0.271 e. The van der Waals surface area contributed by atoms with Gasteiger partial charge in [-0.15, -0.1) is 0 Å². The van der Waals surface area contributed by atoms with E-state index in [0.29, 0.717) is 28.7 Å². The summed E-state index contributed by atoms with van der Waals surface area (Å²) in [5.74, 6) is 1.02. The van der Waals surface area contributed by atoms with E-state index in [-0.39, 0.29) is 5.91 Å². The standard InChI is InChI=1S/C19H21ClN2O3/c1-3-4-11-25-17-10-5-14(12-18(17)24-2)13-21-22-19(23)15-6-8-16(20)9-7-15/h5-10,12-13H,3-4,11H2,1-2H3,(H,22,23). The summed E-state index contributed by atoms with van der Waals surface area (Å²) in [6.45, 7) is 2.76. The number of methoxy groups -OCH3 is 1. The molecule has 0 aliphatic carbocycles. The summed E-state index contributed by atoms with van der Waals surface area (Å²) in [5.41, 5.74) is 3.75. The third-order valence-electron chi connectivity index (χ3n) is 3.43. The number of carbonyl (C=O) groups is 1. The highest BCUT2D eigenvalue weighted by Gasteiger charge is 2.06. The van der Waals surface area contributed by atoms with Crippen molar-refractivity contribution in [3.05, 3.63) is 58.6 Å². The summed E-state index contributed by atoms with van der Waals surface area (Å²) in [6, 6.07) is 12.1. The van der Waals surface area contributed by atoms with Crippen LogP contribution in [0.15, 0.2) is 47.6 Å². The third-order valence-corrected chi connectivity index (χ3v) is 3.68. The molecule has 0 atom stereocenters. The van der Waals surface area contributed by atoms with Crippen LogP contribution in [0.5, 0.6) is 11.5 Å².